The van der Waals surface area contributed by atoms with Crippen molar-refractivity contribution in [3.8, 4) is 0 Å². The van der Waals surface area contributed by atoms with Crippen molar-refractivity contribution >= 4 is 11.8 Å². The molecule has 10 radical (unpaired) electrons. The van der Waals surface area contributed by atoms with Crippen molar-refractivity contribution in [1.82, 2.24) is 20.4 Å². The summed E-state index contributed by atoms with van der Waals surface area (Å²) in [5.41, 5.74) is 0. The Labute approximate surface area is 164 Å². The molecular weight excluding hydrogens is 340 g/mol. The van der Waals surface area contributed by atoms with Crippen molar-refractivity contribution in [1.29, 1.82) is 0 Å². The van der Waals surface area contributed by atoms with Gasteiger partial charge in [0, 0.05) is 52.4 Å². The molecule has 0 bridgehead atoms. The normalized spacial score (nSPS) is 26.2. The van der Waals surface area contributed by atoms with E-state index in [2.05, 4.69) is 71.8 Å². The fourth-order valence-corrected chi connectivity index (χ4v) is 3.36. The molecule has 0 atom stereocenters. The first kappa shape index (κ1) is 20.6. The van der Waals surface area contributed by atoms with Gasteiger partial charge in [0.05, 0.1) is 0 Å². The number of nitrogens with zero attached hydrogens (tertiary/aromatic N) is 2. The van der Waals surface area contributed by atoms with E-state index in [1.54, 1.807) is 0 Å². The molecule has 1 aliphatic heterocycles. The summed E-state index contributed by atoms with van der Waals surface area (Å²) in [5, 5.41) is 5.71. The molecule has 0 aromatic rings. The SMILES string of the molecule is O=C1CC(=O)NCCN(C[C]2[CH][CH][CH][CH]2)CCN(C[C]2[CH][CH][CH][CH]2)CCN1. The second-order valence-electron chi connectivity index (χ2n) is 7.02. The quantitative estimate of drug-likeness (QED) is 0.688. The van der Waals surface area contributed by atoms with Gasteiger partial charge in [-0.15, -0.1) is 0 Å². The molecule has 0 aromatic carbocycles. The van der Waals surface area contributed by atoms with Crippen molar-refractivity contribution in [2.75, 3.05) is 52.4 Å². The van der Waals surface area contributed by atoms with Gasteiger partial charge in [0.2, 0.25) is 11.8 Å². The van der Waals surface area contributed by atoms with E-state index < -0.39 is 0 Å². The second kappa shape index (κ2) is 11.0. The number of rotatable bonds is 4. The van der Waals surface area contributed by atoms with Crippen molar-refractivity contribution in [2.45, 2.75) is 6.42 Å². The van der Waals surface area contributed by atoms with E-state index >= 15 is 0 Å². The lowest BCUT2D eigenvalue weighted by Gasteiger charge is -2.30. The molecule has 1 heterocycles. The van der Waals surface area contributed by atoms with Crippen LogP contribution in [0.15, 0.2) is 0 Å². The Hall–Kier alpha value is -1.14. The zero-order chi connectivity index (χ0) is 18.9. The summed E-state index contributed by atoms with van der Waals surface area (Å²) >= 11 is 0. The molecule has 3 rings (SSSR count). The summed E-state index contributed by atoms with van der Waals surface area (Å²) < 4.78 is 0. The van der Waals surface area contributed by atoms with Crippen LogP contribution in [0.4, 0.5) is 0 Å². The number of nitrogens with one attached hydrogen (secondary N) is 2. The van der Waals surface area contributed by atoms with E-state index in [1.165, 1.54) is 11.8 Å². The molecule has 1 saturated heterocycles. The van der Waals surface area contributed by atoms with Gasteiger partial charge in [-0.05, 0) is 63.2 Å². The molecule has 2 aliphatic carbocycles. The molecule has 0 spiro atoms. The molecule has 2 amide bonds. The highest BCUT2D eigenvalue weighted by Crippen LogP contribution is 2.25. The minimum Gasteiger partial charge on any atom is -0.354 e. The average Bonchev–Trinajstić information content (AvgIpc) is 3.32. The minimum absolute atomic E-state index is 0.105. The molecule has 3 fully saturated rings. The van der Waals surface area contributed by atoms with Gasteiger partial charge in [-0.3, -0.25) is 19.4 Å². The predicted octanol–water partition coefficient (Wildman–Crippen LogP) is 0.0370. The first-order valence-corrected chi connectivity index (χ1v) is 9.58. The lowest BCUT2D eigenvalue weighted by atomic mass is 10.1. The standard InChI is InChI=1S/C21H28N4O2/c26-20-15-21(27)23-10-12-25(17-19-7-3-4-8-19)14-13-24(11-9-22-20)16-18-5-1-2-6-18/h1-8H,9-17H2,(H,22,26)(H,23,27). The molecule has 0 aromatic heterocycles. The van der Waals surface area contributed by atoms with E-state index in [0.29, 0.717) is 13.1 Å². The van der Waals surface area contributed by atoms with E-state index in [-0.39, 0.29) is 18.2 Å². The van der Waals surface area contributed by atoms with Gasteiger partial charge in [-0.2, -0.15) is 0 Å². The third-order valence-electron chi connectivity index (χ3n) is 4.83. The van der Waals surface area contributed by atoms with Crippen LogP contribution in [0.1, 0.15) is 6.42 Å². The van der Waals surface area contributed by atoms with Gasteiger partial charge in [-0.1, -0.05) is 0 Å². The molecule has 144 valence electrons. The Bertz CT molecular complexity index is 431. The Morgan fingerprint density at radius 1 is 0.667 bits per heavy atom. The summed E-state index contributed by atoms with van der Waals surface area (Å²) in [6.45, 7) is 6.19. The average molecular weight is 368 g/mol. The fourth-order valence-electron chi connectivity index (χ4n) is 3.36. The summed E-state index contributed by atoms with van der Waals surface area (Å²) in [7, 11) is 0. The van der Waals surface area contributed by atoms with E-state index in [9.17, 15) is 9.59 Å². The van der Waals surface area contributed by atoms with Crippen LogP contribution in [0.5, 0.6) is 0 Å². The first-order chi connectivity index (χ1) is 13.2. The number of carbonyl (C=O) groups is 2. The molecule has 2 N–H and O–H groups in total. The number of carbonyl (C=O) groups excluding carboxylic acids is 2. The Balaban J connectivity index is 1.57. The van der Waals surface area contributed by atoms with Crippen LogP contribution in [0, 0.1) is 63.2 Å². The minimum atomic E-state index is -0.214. The molecule has 27 heavy (non-hydrogen) atoms. The summed E-state index contributed by atoms with van der Waals surface area (Å²) in [5.74, 6) is 2.14. The Morgan fingerprint density at radius 3 is 1.48 bits per heavy atom. The summed E-state index contributed by atoms with van der Waals surface area (Å²) in [6, 6.07) is 0. The smallest absolute Gasteiger partial charge is 0.229 e. The summed E-state index contributed by atoms with van der Waals surface area (Å²) in [4.78, 5) is 28.5. The van der Waals surface area contributed by atoms with E-state index in [0.717, 1.165) is 39.3 Å². The van der Waals surface area contributed by atoms with Gasteiger partial charge >= 0.3 is 0 Å². The predicted molar refractivity (Wildman–Crippen MR) is 104 cm³/mol. The van der Waals surface area contributed by atoms with Crippen LogP contribution in [0.2, 0.25) is 0 Å². The molecule has 3 aliphatic rings. The number of hydrogen-bond acceptors (Lipinski definition) is 4. The van der Waals surface area contributed by atoms with Crippen LogP contribution < -0.4 is 10.6 Å². The summed E-state index contributed by atoms with van der Waals surface area (Å²) in [6.07, 6.45) is 16.6. The highest BCUT2D eigenvalue weighted by atomic mass is 16.2. The largest absolute Gasteiger partial charge is 0.354 e. The lowest BCUT2D eigenvalue weighted by molar-refractivity contribution is -0.129. The second-order valence-corrected chi connectivity index (χ2v) is 7.02. The molecule has 0 unspecified atom stereocenters. The Kier molecular flexibility index (Phi) is 8.39. The highest BCUT2D eigenvalue weighted by molar-refractivity contribution is 5.96. The van der Waals surface area contributed by atoms with Crippen molar-refractivity contribution in [3.63, 3.8) is 0 Å². The van der Waals surface area contributed by atoms with Crippen LogP contribution in [-0.4, -0.2) is 74.0 Å². The van der Waals surface area contributed by atoms with Gasteiger partial charge in [0.1, 0.15) is 6.42 Å². The van der Waals surface area contributed by atoms with Crippen LogP contribution in [0.3, 0.4) is 0 Å². The van der Waals surface area contributed by atoms with Crippen LogP contribution >= 0.6 is 0 Å². The van der Waals surface area contributed by atoms with Crippen molar-refractivity contribution < 1.29 is 9.59 Å². The van der Waals surface area contributed by atoms with Gasteiger partial charge in [0.25, 0.3) is 0 Å². The first-order valence-electron chi connectivity index (χ1n) is 9.58. The maximum atomic E-state index is 11.9. The molecule has 6 nitrogen and oxygen atoms in total. The fraction of sp³-hybridized carbons (Fsp3) is 0.429. The highest BCUT2D eigenvalue weighted by Gasteiger charge is 2.23. The van der Waals surface area contributed by atoms with Gasteiger partial charge in [0.15, 0.2) is 0 Å². The number of amides is 2. The zero-order valence-corrected chi connectivity index (χ0v) is 15.7. The maximum Gasteiger partial charge on any atom is 0.229 e. The third-order valence-corrected chi connectivity index (χ3v) is 4.83. The van der Waals surface area contributed by atoms with E-state index in [1.807, 2.05) is 0 Å². The topological polar surface area (TPSA) is 64.7 Å². The number of hydrogen-bond donors (Lipinski definition) is 2. The monoisotopic (exact) mass is 368 g/mol. The lowest BCUT2D eigenvalue weighted by Crippen LogP contribution is -2.43. The van der Waals surface area contributed by atoms with Gasteiger partial charge < -0.3 is 10.6 Å². The van der Waals surface area contributed by atoms with Crippen molar-refractivity contribution in [2.24, 2.45) is 0 Å². The maximum absolute atomic E-state index is 11.9. The van der Waals surface area contributed by atoms with Gasteiger partial charge in [-0.25, -0.2) is 0 Å². The van der Waals surface area contributed by atoms with Crippen LogP contribution in [0.25, 0.3) is 0 Å². The Morgan fingerprint density at radius 2 is 1.07 bits per heavy atom. The molecule has 2 saturated carbocycles. The zero-order valence-electron chi connectivity index (χ0n) is 15.7. The van der Waals surface area contributed by atoms with Crippen LogP contribution in [-0.2, 0) is 9.59 Å². The molecular formula is C21H28N4O2. The van der Waals surface area contributed by atoms with E-state index in [4.69, 9.17) is 0 Å². The van der Waals surface area contributed by atoms with Crippen molar-refractivity contribution in [3.05, 3.63) is 63.2 Å². The third kappa shape index (κ3) is 7.41. The molecule has 6 heteroatoms.